The van der Waals surface area contributed by atoms with E-state index in [1.54, 1.807) is 14.2 Å². The van der Waals surface area contributed by atoms with Crippen LogP contribution < -0.4 is 14.8 Å². The van der Waals surface area contributed by atoms with Crippen LogP contribution in [0.1, 0.15) is 32.3 Å². The van der Waals surface area contributed by atoms with Crippen LogP contribution in [0.25, 0.3) is 0 Å². The Morgan fingerprint density at radius 2 is 1.90 bits per heavy atom. The third-order valence-electron chi connectivity index (χ3n) is 6.59. The van der Waals surface area contributed by atoms with E-state index in [4.69, 9.17) is 9.47 Å². The van der Waals surface area contributed by atoms with Gasteiger partial charge in [-0.05, 0) is 57.4 Å². The molecule has 3 rings (SSSR count). The first-order chi connectivity index (χ1) is 15.0. The van der Waals surface area contributed by atoms with Crippen molar-refractivity contribution in [2.75, 3.05) is 67.1 Å². The van der Waals surface area contributed by atoms with Crippen molar-refractivity contribution in [3.63, 3.8) is 0 Å². The monoisotopic (exact) mass is 431 g/mol. The zero-order valence-electron chi connectivity index (χ0n) is 20.1. The summed E-state index contributed by atoms with van der Waals surface area (Å²) in [5, 5.41) is 3.66. The molecule has 1 aromatic rings. The Bertz CT molecular complexity index is 716. The lowest BCUT2D eigenvalue weighted by molar-refractivity contribution is 0.139. The minimum Gasteiger partial charge on any atom is -0.497 e. The van der Waals surface area contributed by atoms with Crippen molar-refractivity contribution in [2.24, 2.45) is 10.9 Å². The summed E-state index contributed by atoms with van der Waals surface area (Å²) in [6.45, 7) is 12.9. The number of nitrogens with zero attached hydrogens (tertiary/aromatic N) is 4. The third kappa shape index (κ3) is 6.50. The van der Waals surface area contributed by atoms with Crippen molar-refractivity contribution in [2.45, 2.75) is 39.3 Å². The quantitative estimate of drug-likeness (QED) is 0.529. The van der Waals surface area contributed by atoms with Crippen molar-refractivity contribution < 1.29 is 9.47 Å². The van der Waals surface area contributed by atoms with E-state index in [1.807, 2.05) is 19.2 Å². The molecule has 0 aliphatic carbocycles. The first-order valence-corrected chi connectivity index (χ1v) is 11.7. The van der Waals surface area contributed by atoms with Gasteiger partial charge in [-0.1, -0.05) is 0 Å². The van der Waals surface area contributed by atoms with Crippen LogP contribution in [0.2, 0.25) is 0 Å². The van der Waals surface area contributed by atoms with Crippen molar-refractivity contribution >= 4 is 5.96 Å². The van der Waals surface area contributed by atoms with Gasteiger partial charge in [-0.2, -0.15) is 0 Å². The van der Waals surface area contributed by atoms with Gasteiger partial charge in [-0.25, -0.2) is 0 Å². The minimum atomic E-state index is 0.637. The number of guanidine groups is 1. The van der Waals surface area contributed by atoms with E-state index in [-0.39, 0.29) is 0 Å². The van der Waals surface area contributed by atoms with Crippen LogP contribution in [0.15, 0.2) is 23.2 Å². The lowest BCUT2D eigenvalue weighted by Crippen LogP contribution is -2.53. The number of ether oxygens (including phenoxy) is 2. The van der Waals surface area contributed by atoms with Crippen LogP contribution in [0, 0.1) is 5.92 Å². The zero-order valence-corrected chi connectivity index (χ0v) is 20.1. The number of aliphatic imine (C=N–C) groups is 1. The molecule has 2 aliphatic rings. The number of hydrogen-bond acceptors (Lipinski definition) is 5. The Balaban J connectivity index is 1.48. The van der Waals surface area contributed by atoms with Gasteiger partial charge in [0.15, 0.2) is 5.96 Å². The number of benzene rings is 1. The van der Waals surface area contributed by atoms with Gasteiger partial charge in [0.05, 0.1) is 14.2 Å². The highest BCUT2D eigenvalue weighted by molar-refractivity contribution is 5.80. The van der Waals surface area contributed by atoms with Crippen LogP contribution in [-0.2, 0) is 6.54 Å². The number of methoxy groups -OCH3 is 2. The van der Waals surface area contributed by atoms with Gasteiger partial charge in [-0.15, -0.1) is 0 Å². The maximum atomic E-state index is 5.55. The van der Waals surface area contributed by atoms with Gasteiger partial charge in [0, 0.05) is 64.5 Å². The summed E-state index contributed by atoms with van der Waals surface area (Å²) in [4.78, 5) is 12.0. The van der Waals surface area contributed by atoms with Crippen LogP contribution in [0.4, 0.5) is 0 Å². The summed E-state index contributed by atoms with van der Waals surface area (Å²) in [6, 6.07) is 6.65. The first kappa shape index (κ1) is 23.7. The van der Waals surface area contributed by atoms with Gasteiger partial charge >= 0.3 is 0 Å². The summed E-state index contributed by atoms with van der Waals surface area (Å²) in [6.07, 6.45) is 2.61. The second-order valence-corrected chi connectivity index (χ2v) is 8.97. The van der Waals surface area contributed by atoms with Crippen LogP contribution >= 0.6 is 0 Å². The maximum absolute atomic E-state index is 5.55. The van der Waals surface area contributed by atoms with Crippen molar-refractivity contribution in [3.05, 3.63) is 23.8 Å². The summed E-state index contributed by atoms with van der Waals surface area (Å²) in [5.41, 5.74) is 1.17. The normalized spacial score (nSPS) is 21.4. The summed E-state index contributed by atoms with van der Waals surface area (Å²) in [5.74, 6) is 3.54. The molecule has 2 saturated heterocycles. The Morgan fingerprint density at radius 1 is 1.13 bits per heavy atom. The molecular formula is C24H41N5O2. The average molecular weight is 432 g/mol. The van der Waals surface area contributed by atoms with E-state index in [9.17, 15) is 0 Å². The first-order valence-electron chi connectivity index (χ1n) is 11.7. The molecule has 7 heteroatoms. The summed E-state index contributed by atoms with van der Waals surface area (Å²) in [7, 11) is 5.33. The Labute approximate surface area is 188 Å². The lowest BCUT2D eigenvalue weighted by Gasteiger charge is -2.38. The predicted molar refractivity (Wildman–Crippen MR) is 127 cm³/mol. The summed E-state index contributed by atoms with van der Waals surface area (Å²) < 4.78 is 10.9. The molecule has 0 spiro atoms. The third-order valence-corrected chi connectivity index (χ3v) is 6.59. The van der Waals surface area contributed by atoms with Gasteiger partial charge in [0.1, 0.15) is 11.5 Å². The Hall–Kier alpha value is -1.99. The highest BCUT2D eigenvalue weighted by Crippen LogP contribution is 2.25. The molecule has 7 nitrogen and oxygen atoms in total. The topological polar surface area (TPSA) is 52.6 Å². The molecule has 0 radical (unpaired) electrons. The molecule has 2 fully saturated rings. The van der Waals surface area contributed by atoms with Crippen molar-refractivity contribution in [1.82, 2.24) is 20.0 Å². The van der Waals surface area contributed by atoms with E-state index in [2.05, 4.69) is 44.9 Å². The number of hydrogen-bond donors (Lipinski definition) is 1. The molecule has 2 heterocycles. The van der Waals surface area contributed by atoms with Gasteiger partial charge in [-0.3, -0.25) is 9.89 Å². The number of likely N-dealkylation sites (tertiary alicyclic amines) is 1. The maximum Gasteiger partial charge on any atom is 0.193 e. The molecule has 2 aliphatic heterocycles. The van der Waals surface area contributed by atoms with Gasteiger partial charge in [0.2, 0.25) is 0 Å². The average Bonchev–Trinajstić information content (AvgIpc) is 2.80. The van der Waals surface area contributed by atoms with Crippen LogP contribution in [0.3, 0.4) is 0 Å². The number of nitrogens with one attached hydrogen (secondary N) is 1. The van der Waals surface area contributed by atoms with Crippen LogP contribution in [-0.4, -0.2) is 93.8 Å². The second-order valence-electron chi connectivity index (χ2n) is 8.97. The predicted octanol–water partition coefficient (Wildman–Crippen LogP) is 2.52. The van der Waals surface area contributed by atoms with Crippen LogP contribution in [0.5, 0.6) is 11.5 Å². The van der Waals surface area contributed by atoms with Crippen molar-refractivity contribution in [1.29, 1.82) is 0 Å². The molecule has 0 amide bonds. The van der Waals surface area contributed by atoms with E-state index in [0.717, 1.165) is 56.7 Å². The van der Waals surface area contributed by atoms with Crippen molar-refractivity contribution in [3.8, 4) is 11.5 Å². The van der Waals surface area contributed by atoms with E-state index >= 15 is 0 Å². The van der Waals surface area contributed by atoms with E-state index in [1.165, 1.54) is 31.5 Å². The highest BCUT2D eigenvalue weighted by Gasteiger charge is 2.24. The molecule has 31 heavy (non-hydrogen) atoms. The lowest BCUT2D eigenvalue weighted by atomic mass is 9.97. The fourth-order valence-electron chi connectivity index (χ4n) is 4.66. The standard InChI is InChI=1S/C24H41N5O2/c1-19(2)29-10-6-7-20(17-29)16-26-24(25-3)28-13-11-27(12-14-28)18-21-15-22(30-4)8-9-23(21)31-5/h8-9,15,19-20H,6-7,10-14,16-18H2,1-5H3,(H,25,26). The molecule has 1 atom stereocenters. The minimum absolute atomic E-state index is 0.637. The number of piperidine rings is 1. The molecule has 0 bridgehead atoms. The molecule has 174 valence electrons. The smallest absolute Gasteiger partial charge is 0.193 e. The van der Waals surface area contributed by atoms with Gasteiger partial charge in [0.25, 0.3) is 0 Å². The number of rotatable bonds is 7. The molecule has 1 N–H and O–H groups in total. The molecule has 0 aromatic heterocycles. The Morgan fingerprint density at radius 3 is 2.55 bits per heavy atom. The SMILES string of the molecule is CN=C(NCC1CCCN(C(C)C)C1)N1CCN(Cc2cc(OC)ccc2OC)CC1. The molecular weight excluding hydrogens is 390 g/mol. The largest absolute Gasteiger partial charge is 0.497 e. The van der Waals surface area contributed by atoms with Gasteiger partial charge < -0.3 is 24.6 Å². The summed E-state index contributed by atoms with van der Waals surface area (Å²) >= 11 is 0. The molecule has 0 saturated carbocycles. The fraction of sp³-hybridized carbons (Fsp3) is 0.708. The second kappa shape index (κ2) is 11.6. The Kier molecular flexibility index (Phi) is 8.84. The molecule has 1 aromatic carbocycles. The number of piperazine rings is 1. The highest BCUT2D eigenvalue weighted by atomic mass is 16.5. The zero-order chi connectivity index (χ0) is 22.2. The molecule has 1 unspecified atom stereocenters. The van der Waals surface area contributed by atoms with E-state index in [0.29, 0.717) is 12.0 Å². The fourth-order valence-corrected chi connectivity index (χ4v) is 4.66. The van der Waals surface area contributed by atoms with E-state index < -0.39 is 0 Å².